The molecule has 1 aromatic heterocycles. The van der Waals surface area contributed by atoms with E-state index in [1.807, 2.05) is 6.92 Å². The smallest absolute Gasteiger partial charge is 0.105 e. The van der Waals surface area contributed by atoms with E-state index in [2.05, 4.69) is 25.2 Å². The fourth-order valence-corrected chi connectivity index (χ4v) is 4.00. The highest BCUT2D eigenvalue weighted by Gasteiger charge is 2.56. The van der Waals surface area contributed by atoms with Crippen LogP contribution in [0.3, 0.4) is 0 Å². The molecule has 0 radical (unpaired) electrons. The molecule has 1 N–H and O–H groups in total. The van der Waals surface area contributed by atoms with Gasteiger partial charge < -0.3 is 9.73 Å². The second-order valence-electron chi connectivity index (χ2n) is 5.74. The number of nitrogens with one attached hydrogen (secondary N) is 1. The Kier molecular flexibility index (Phi) is 2.78. The Hall–Kier alpha value is -0.760. The van der Waals surface area contributed by atoms with Gasteiger partial charge in [-0.1, -0.05) is 13.3 Å². The molecule has 0 amide bonds. The Labute approximate surface area is 104 Å². The molecule has 94 valence electrons. The molecule has 1 aromatic rings. The molecule has 1 heterocycles. The van der Waals surface area contributed by atoms with Gasteiger partial charge in [0.25, 0.3) is 0 Å². The van der Waals surface area contributed by atoms with Crippen molar-refractivity contribution in [3.8, 4) is 0 Å². The van der Waals surface area contributed by atoms with Crippen LogP contribution in [0.4, 0.5) is 0 Å². The van der Waals surface area contributed by atoms with Crippen molar-refractivity contribution in [3.05, 3.63) is 23.2 Å². The number of fused-ring (bicyclic) bond motifs is 1. The van der Waals surface area contributed by atoms with Gasteiger partial charge in [-0.15, -0.1) is 0 Å². The number of furan rings is 1. The van der Waals surface area contributed by atoms with E-state index in [-0.39, 0.29) is 0 Å². The lowest BCUT2D eigenvalue weighted by Gasteiger charge is -2.19. The molecule has 2 saturated carbocycles. The van der Waals surface area contributed by atoms with E-state index < -0.39 is 0 Å². The van der Waals surface area contributed by atoms with Crippen LogP contribution in [-0.4, -0.2) is 6.54 Å². The van der Waals surface area contributed by atoms with Gasteiger partial charge in [-0.2, -0.15) is 0 Å². The van der Waals surface area contributed by atoms with Gasteiger partial charge in [0.2, 0.25) is 0 Å². The lowest BCUT2D eigenvalue weighted by Crippen LogP contribution is -2.24. The molecule has 2 aliphatic carbocycles. The predicted molar refractivity (Wildman–Crippen MR) is 68.9 cm³/mol. The van der Waals surface area contributed by atoms with Crippen molar-refractivity contribution < 1.29 is 4.42 Å². The van der Waals surface area contributed by atoms with Crippen LogP contribution in [0.15, 0.2) is 10.5 Å². The quantitative estimate of drug-likeness (QED) is 0.859. The van der Waals surface area contributed by atoms with Crippen molar-refractivity contribution >= 4 is 0 Å². The van der Waals surface area contributed by atoms with Gasteiger partial charge in [0.05, 0.1) is 0 Å². The van der Waals surface area contributed by atoms with Crippen molar-refractivity contribution in [2.75, 3.05) is 6.54 Å². The monoisotopic (exact) mass is 233 g/mol. The largest absolute Gasteiger partial charge is 0.466 e. The first-order valence-electron chi connectivity index (χ1n) is 7.02. The average Bonchev–Trinajstić information content (AvgIpc) is 2.64. The van der Waals surface area contributed by atoms with Gasteiger partial charge in [-0.05, 0) is 57.1 Å². The molecule has 0 spiro atoms. The molecule has 0 bridgehead atoms. The van der Waals surface area contributed by atoms with Crippen LogP contribution in [0.2, 0.25) is 0 Å². The maximum Gasteiger partial charge on any atom is 0.105 e. The van der Waals surface area contributed by atoms with Gasteiger partial charge in [-0.25, -0.2) is 0 Å². The summed E-state index contributed by atoms with van der Waals surface area (Å²) in [5, 5.41) is 3.68. The van der Waals surface area contributed by atoms with Crippen LogP contribution in [-0.2, 0) is 0 Å². The van der Waals surface area contributed by atoms with Gasteiger partial charge in [0.15, 0.2) is 0 Å². The van der Waals surface area contributed by atoms with E-state index in [0.717, 1.165) is 35.8 Å². The zero-order valence-corrected chi connectivity index (χ0v) is 11.1. The third-order valence-electron chi connectivity index (χ3n) is 4.70. The Balaban J connectivity index is 1.83. The Morgan fingerprint density at radius 3 is 2.59 bits per heavy atom. The summed E-state index contributed by atoms with van der Waals surface area (Å²) in [6, 6.07) is 2.77. The van der Waals surface area contributed by atoms with Crippen molar-refractivity contribution in [3.63, 3.8) is 0 Å². The number of hydrogen-bond donors (Lipinski definition) is 1. The summed E-state index contributed by atoms with van der Waals surface area (Å²) < 4.78 is 5.70. The zero-order chi connectivity index (χ0) is 12.0. The number of rotatable bonds is 4. The summed E-state index contributed by atoms with van der Waals surface area (Å²) in [7, 11) is 0. The molecular formula is C15H23NO. The van der Waals surface area contributed by atoms with E-state index in [4.69, 9.17) is 4.42 Å². The molecule has 3 rings (SSSR count). The van der Waals surface area contributed by atoms with Crippen LogP contribution in [0.25, 0.3) is 0 Å². The maximum atomic E-state index is 5.70. The van der Waals surface area contributed by atoms with E-state index >= 15 is 0 Å². The fraction of sp³-hybridized carbons (Fsp3) is 0.733. The molecule has 2 fully saturated rings. The molecule has 2 aliphatic rings. The normalized spacial score (nSPS) is 32.5. The first kappa shape index (κ1) is 11.3. The van der Waals surface area contributed by atoms with Crippen LogP contribution in [0.1, 0.15) is 49.3 Å². The van der Waals surface area contributed by atoms with Crippen LogP contribution in [0.5, 0.6) is 0 Å². The molecule has 2 nitrogen and oxygen atoms in total. The fourth-order valence-electron chi connectivity index (χ4n) is 4.00. The molecule has 0 saturated heterocycles. The summed E-state index contributed by atoms with van der Waals surface area (Å²) in [6.45, 7) is 7.40. The van der Waals surface area contributed by atoms with E-state index in [1.54, 1.807) is 0 Å². The summed E-state index contributed by atoms with van der Waals surface area (Å²) in [4.78, 5) is 0. The lowest BCUT2D eigenvalue weighted by molar-refractivity contribution is 0.415. The van der Waals surface area contributed by atoms with Crippen molar-refractivity contribution in [2.24, 2.45) is 17.8 Å². The molecule has 3 atom stereocenters. The highest BCUT2D eigenvalue weighted by atomic mass is 16.3. The third-order valence-corrected chi connectivity index (χ3v) is 4.70. The summed E-state index contributed by atoms with van der Waals surface area (Å²) in [5.41, 5.74) is 1.41. The Morgan fingerprint density at radius 1 is 1.35 bits per heavy atom. The van der Waals surface area contributed by atoms with E-state index in [1.165, 1.54) is 24.8 Å². The molecule has 0 aliphatic heterocycles. The van der Waals surface area contributed by atoms with Gasteiger partial charge in [0.1, 0.15) is 11.5 Å². The molecule has 17 heavy (non-hydrogen) atoms. The van der Waals surface area contributed by atoms with E-state index in [0.29, 0.717) is 6.04 Å². The van der Waals surface area contributed by atoms with E-state index in [9.17, 15) is 0 Å². The highest BCUT2D eigenvalue weighted by Crippen LogP contribution is 2.62. The summed E-state index contributed by atoms with van der Waals surface area (Å²) in [6.07, 6.45) is 4.36. The minimum Gasteiger partial charge on any atom is -0.466 e. The van der Waals surface area contributed by atoms with Crippen molar-refractivity contribution in [1.82, 2.24) is 5.32 Å². The van der Waals surface area contributed by atoms with Crippen LogP contribution in [0, 0.1) is 31.6 Å². The Morgan fingerprint density at radius 2 is 2.06 bits per heavy atom. The van der Waals surface area contributed by atoms with Gasteiger partial charge in [-0.3, -0.25) is 0 Å². The second kappa shape index (κ2) is 4.16. The third kappa shape index (κ3) is 1.83. The number of hydrogen-bond acceptors (Lipinski definition) is 2. The minimum absolute atomic E-state index is 0.535. The topological polar surface area (TPSA) is 25.2 Å². The predicted octanol–water partition coefficient (Wildman–Crippen LogP) is 3.59. The number of aryl methyl sites for hydroxylation is 2. The van der Waals surface area contributed by atoms with Gasteiger partial charge >= 0.3 is 0 Å². The standard InChI is InChI=1S/C15H23NO/c1-4-16-15(13-8-9(2)17-10(13)3)14-11-6-5-7-12(11)14/h8,11-12,14-16H,4-7H2,1-3H3. The first-order chi connectivity index (χ1) is 8.22. The SMILES string of the molecule is CCNC(c1cc(C)oc1C)C1C2CCCC21. The Bertz CT molecular complexity index is 399. The molecular weight excluding hydrogens is 210 g/mol. The lowest BCUT2D eigenvalue weighted by atomic mass is 9.97. The van der Waals surface area contributed by atoms with Crippen LogP contribution < -0.4 is 5.32 Å². The molecule has 3 unspecified atom stereocenters. The molecule has 2 heteroatoms. The zero-order valence-electron chi connectivity index (χ0n) is 11.1. The summed E-state index contributed by atoms with van der Waals surface area (Å²) >= 11 is 0. The van der Waals surface area contributed by atoms with Gasteiger partial charge in [0, 0.05) is 11.6 Å². The first-order valence-corrected chi connectivity index (χ1v) is 7.02. The maximum absolute atomic E-state index is 5.70. The average molecular weight is 233 g/mol. The minimum atomic E-state index is 0.535. The van der Waals surface area contributed by atoms with Crippen LogP contribution >= 0.6 is 0 Å². The summed E-state index contributed by atoms with van der Waals surface area (Å²) in [5.74, 6) is 5.02. The van der Waals surface area contributed by atoms with Crippen molar-refractivity contribution in [1.29, 1.82) is 0 Å². The highest BCUT2D eigenvalue weighted by molar-refractivity contribution is 5.28. The second-order valence-corrected chi connectivity index (χ2v) is 5.74. The molecule has 0 aromatic carbocycles. The van der Waals surface area contributed by atoms with Crippen molar-refractivity contribution in [2.45, 2.75) is 46.1 Å².